The number of allylic oxidation sites excluding steroid dienone is 1. The van der Waals surface area contributed by atoms with E-state index < -0.39 is 21.2 Å². The van der Waals surface area contributed by atoms with E-state index in [2.05, 4.69) is 15.9 Å². The molecule has 0 saturated carbocycles. The van der Waals surface area contributed by atoms with Gasteiger partial charge in [-0.3, -0.25) is 25.0 Å². The van der Waals surface area contributed by atoms with Crippen LogP contribution in [0.15, 0.2) is 68.9 Å². The number of nitro groups is 2. The Morgan fingerprint density at radius 1 is 1.03 bits per heavy atom. The van der Waals surface area contributed by atoms with E-state index in [0.29, 0.717) is 20.5 Å². The second-order valence-corrected chi connectivity index (χ2v) is 8.91. The number of hydrogen-bond donors (Lipinski definition) is 0. The molecule has 34 heavy (non-hydrogen) atoms. The maximum absolute atomic E-state index is 12.7. The molecule has 0 bridgehead atoms. The molecule has 9 nitrogen and oxygen atoms in total. The molecule has 3 aromatic carbocycles. The van der Waals surface area contributed by atoms with Gasteiger partial charge in [-0.05, 0) is 64.8 Å². The lowest BCUT2D eigenvalue weighted by atomic mass is 10.1. The van der Waals surface area contributed by atoms with Crippen LogP contribution in [0.2, 0.25) is 0 Å². The van der Waals surface area contributed by atoms with Gasteiger partial charge >= 0.3 is 5.69 Å². The number of carbonyl (C=O) groups excluding carboxylic acids is 1. The third-order valence-corrected chi connectivity index (χ3v) is 6.46. The smallest absolute Gasteiger partial charge is 0.318 e. The first-order chi connectivity index (χ1) is 16.3. The SMILES string of the molecule is CCOc1cc(/C=C2\Sc3ccccc3C2=O)cc(Br)c1Oc1ccc([N+](=O)[O-])cc1[N+](=O)[O-]. The van der Waals surface area contributed by atoms with Crippen molar-refractivity contribution in [1.29, 1.82) is 0 Å². The molecule has 0 amide bonds. The van der Waals surface area contributed by atoms with Gasteiger partial charge in [0.05, 0.1) is 31.9 Å². The highest BCUT2D eigenvalue weighted by Gasteiger charge is 2.26. The van der Waals surface area contributed by atoms with Gasteiger partial charge in [0.25, 0.3) is 5.69 Å². The van der Waals surface area contributed by atoms with E-state index in [1.165, 1.54) is 17.8 Å². The van der Waals surface area contributed by atoms with E-state index in [1.54, 1.807) is 31.2 Å². The second-order valence-electron chi connectivity index (χ2n) is 6.97. The number of halogens is 1. The van der Waals surface area contributed by atoms with Gasteiger partial charge in [0.1, 0.15) is 0 Å². The van der Waals surface area contributed by atoms with E-state index in [9.17, 15) is 25.0 Å². The van der Waals surface area contributed by atoms with Crippen molar-refractivity contribution in [2.75, 3.05) is 6.61 Å². The van der Waals surface area contributed by atoms with Gasteiger partial charge in [0.2, 0.25) is 11.5 Å². The molecular formula is C23H15BrN2O7S. The zero-order chi connectivity index (χ0) is 24.4. The van der Waals surface area contributed by atoms with E-state index in [0.717, 1.165) is 17.0 Å². The summed E-state index contributed by atoms with van der Waals surface area (Å²) >= 11 is 4.79. The van der Waals surface area contributed by atoms with Crippen molar-refractivity contribution in [3.8, 4) is 17.2 Å². The lowest BCUT2D eigenvalue weighted by Crippen LogP contribution is -2.00. The maximum Gasteiger partial charge on any atom is 0.318 e. The number of hydrogen-bond acceptors (Lipinski definition) is 8. The van der Waals surface area contributed by atoms with Crippen LogP contribution in [0.4, 0.5) is 11.4 Å². The number of non-ortho nitro benzene ring substituents is 1. The fourth-order valence-electron chi connectivity index (χ4n) is 3.28. The van der Waals surface area contributed by atoms with Gasteiger partial charge in [-0.2, -0.15) is 0 Å². The predicted molar refractivity (Wildman–Crippen MR) is 130 cm³/mol. The number of ketones is 1. The van der Waals surface area contributed by atoms with E-state index in [-0.39, 0.29) is 29.6 Å². The molecule has 0 N–H and O–H groups in total. The summed E-state index contributed by atoms with van der Waals surface area (Å²) in [5.74, 6) is 0.191. The van der Waals surface area contributed by atoms with E-state index >= 15 is 0 Å². The second kappa shape index (κ2) is 9.65. The van der Waals surface area contributed by atoms with Gasteiger partial charge in [0.15, 0.2) is 11.5 Å². The van der Waals surface area contributed by atoms with Crippen LogP contribution in [0.5, 0.6) is 17.2 Å². The Balaban J connectivity index is 1.72. The number of carbonyl (C=O) groups is 1. The largest absolute Gasteiger partial charge is 0.490 e. The molecule has 1 aliphatic heterocycles. The molecule has 4 rings (SSSR count). The van der Waals surface area contributed by atoms with Gasteiger partial charge in [-0.15, -0.1) is 0 Å². The summed E-state index contributed by atoms with van der Waals surface area (Å²) in [6.07, 6.45) is 1.73. The summed E-state index contributed by atoms with van der Waals surface area (Å²) < 4.78 is 11.9. The Bertz CT molecular complexity index is 1370. The highest BCUT2D eigenvalue weighted by atomic mass is 79.9. The Kier molecular flexibility index (Phi) is 6.66. The molecule has 1 heterocycles. The Hall–Kier alpha value is -3.70. The van der Waals surface area contributed by atoms with Crippen LogP contribution < -0.4 is 9.47 Å². The third kappa shape index (κ3) is 4.66. The number of benzene rings is 3. The summed E-state index contributed by atoms with van der Waals surface area (Å²) in [5.41, 5.74) is 0.322. The molecule has 0 fully saturated rings. The van der Waals surface area contributed by atoms with Crippen molar-refractivity contribution in [1.82, 2.24) is 0 Å². The monoisotopic (exact) mass is 542 g/mol. The molecular weight excluding hydrogens is 528 g/mol. The van der Waals surface area contributed by atoms with Crippen LogP contribution in [0, 0.1) is 20.2 Å². The summed E-state index contributed by atoms with van der Waals surface area (Å²) in [5, 5.41) is 22.5. The minimum atomic E-state index is -0.754. The van der Waals surface area contributed by atoms with Gasteiger partial charge in [-0.1, -0.05) is 23.9 Å². The van der Waals surface area contributed by atoms with Crippen molar-refractivity contribution in [3.63, 3.8) is 0 Å². The number of nitro benzene ring substituents is 2. The first-order valence-corrected chi connectivity index (χ1v) is 11.5. The zero-order valence-electron chi connectivity index (χ0n) is 17.5. The van der Waals surface area contributed by atoms with Crippen LogP contribution in [-0.2, 0) is 0 Å². The van der Waals surface area contributed by atoms with Gasteiger partial charge in [-0.25, -0.2) is 0 Å². The molecule has 11 heteroatoms. The molecule has 172 valence electrons. The summed E-state index contributed by atoms with van der Waals surface area (Å²) in [6, 6.07) is 13.8. The van der Waals surface area contributed by atoms with Crippen molar-refractivity contribution in [2.24, 2.45) is 0 Å². The molecule has 0 atom stereocenters. The number of thioether (sulfide) groups is 1. The Morgan fingerprint density at radius 2 is 1.79 bits per heavy atom. The number of rotatable bonds is 7. The quantitative estimate of drug-likeness (QED) is 0.181. The highest BCUT2D eigenvalue weighted by Crippen LogP contribution is 2.45. The van der Waals surface area contributed by atoms with E-state index in [1.807, 2.05) is 18.2 Å². The van der Waals surface area contributed by atoms with Gasteiger partial charge in [0, 0.05) is 16.5 Å². The van der Waals surface area contributed by atoms with Crippen LogP contribution in [0.3, 0.4) is 0 Å². The number of ether oxygens (including phenoxy) is 2. The molecule has 0 aliphatic carbocycles. The van der Waals surface area contributed by atoms with Crippen molar-refractivity contribution in [2.45, 2.75) is 11.8 Å². The average Bonchev–Trinajstić information content (AvgIpc) is 3.11. The number of fused-ring (bicyclic) bond motifs is 1. The number of nitrogens with zero attached hydrogens (tertiary/aromatic N) is 2. The first kappa shape index (κ1) is 23.5. The summed E-state index contributed by atoms with van der Waals surface area (Å²) in [4.78, 5) is 35.1. The molecule has 0 radical (unpaired) electrons. The zero-order valence-corrected chi connectivity index (χ0v) is 19.9. The third-order valence-electron chi connectivity index (χ3n) is 4.77. The standard InChI is InChI=1S/C23H15BrN2O7S/c1-2-32-19-10-13(11-21-22(27)15-5-3-4-6-20(15)34-21)9-16(24)23(19)33-18-8-7-14(25(28)29)12-17(18)26(30)31/h3-12H,2H2,1H3/b21-11-. The fraction of sp³-hybridized carbons (Fsp3) is 0.0870. The molecule has 1 aliphatic rings. The highest BCUT2D eigenvalue weighted by molar-refractivity contribution is 9.10. The van der Waals surface area contributed by atoms with Crippen LogP contribution in [0.25, 0.3) is 6.08 Å². The van der Waals surface area contributed by atoms with Crippen LogP contribution >= 0.6 is 27.7 Å². The normalized spacial score (nSPS) is 13.6. The molecule has 0 unspecified atom stereocenters. The molecule has 0 aromatic heterocycles. The van der Waals surface area contributed by atoms with Crippen molar-refractivity contribution < 1.29 is 24.1 Å². The van der Waals surface area contributed by atoms with Crippen LogP contribution in [0.1, 0.15) is 22.8 Å². The van der Waals surface area contributed by atoms with Crippen molar-refractivity contribution in [3.05, 3.63) is 95.3 Å². The van der Waals surface area contributed by atoms with Crippen molar-refractivity contribution >= 4 is 50.9 Å². The number of Topliss-reactive ketones (excluding diaryl/α,β-unsaturated/α-hetero) is 1. The predicted octanol–water partition coefficient (Wildman–Crippen LogP) is 6.79. The van der Waals surface area contributed by atoms with Crippen LogP contribution in [-0.4, -0.2) is 22.2 Å². The van der Waals surface area contributed by atoms with E-state index in [4.69, 9.17) is 9.47 Å². The summed E-state index contributed by atoms with van der Waals surface area (Å²) in [6.45, 7) is 2.05. The minimum absolute atomic E-state index is 0.0727. The minimum Gasteiger partial charge on any atom is -0.490 e. The Labute approximate surface area is 205 Å². The lowest BCUT2D eigenvalue weighted by Gasteiger charge is -2.14. The fourth-order valence-corrected chi connectivity index (χ4v) is 4.87. The first-order valence-electron chi connectivity index (χ1n) is 9.88. The lowest BCUT2D eigenvalue weighted by molar-refractivity contribution is -0.394. The molecule has 0 saturated heterocycles. The summed E-state index contributed by atoms with van der Waals surface area (Å²) in [7, 11) is 0. The topological polar surface area (TPSA) is 122 Å². The Morgan fingerprint density at radius 3 is 2.47 bits per heavy atom. The van der Waals surface area contributed by atoms with Gasteiger partial charge < -0.3 is 9.47 Å². The maximum atomic E-state index is 12.7. The molecule has 0 spiro atoms. The average molecular weight is 543 g/mol. The molecule has 3 aromatic rings.